The van der Waals surface area contributed by atoms with E-state index in [-0.39, 0.29) is 0 Å². The van der Waals surface area contributed by atoms with Crippen LogP contribution in [0.25, 0.3) is 0 Å². The van der Waals surface area contributed by atoms with Crippen molar-refractivity contribution in [2.75, 3.05) is 20.3 Å². The number of rotatable bonds is 3. The van der Waals surface area contributed by atoms with E-state index < -0.39 is 5.60 Å². The van der Waals surface area contributed by atoms with Gasteiger partial charge < -0.3 is 14.9 Å². The van der Waals surface area contributed by atoms with Gasteiger partial charge in [-0.1, -0.05) is 27.7 Å². The summed E-state index contributed by atoms with van der Waals surface area (Å²) >= 11 is 0. The van der Waals surface area contributed by atoms with Crippen LogP contribution < -0.4 is 0 Å². The molecule has 2 aliphatic rings. The predicted molar refractivity (Wildman–Crippen MR) is 79.3 cm³/mol. The van der Waals surface area contributed by atoms with E-state index in [2.05, 4.69) is 50.7 Å². The van der Waals surface area contributed by atoms with Crippen molar-refractivity contribution in [1.82, 2.24) is 9.80 Å². The quantitative estimate of drug-likeness (QED) is 0.851. The predicted octanol–water partition coefficient (Wildman–Crippen LogP) is 2.73. The Balaban J connectivity index is 2.13. The fraction of sp³-hybridized carbons (Fsp3) is 0.875. The molecule has 0 amide bonds. The molecule has 3 nitrogen and oxygen atoms in total. The van der Waals surface area contributed by atoms with Crippen molar-refractivity contribution in [3.8, 4) is 0 Å². The lowest BCUT2D eigenvalue weighted by Gasteiger charge is -2.31. The minimum absolute atomic E-state index is 0.298. The van der Waals surface area contributed by atoms with Gasteiger partial charge in [-0.2, -0.15) is 0 Å². The molecule has 0 radical (unpaired) electrons. The third kappa shape index (κ3) is 3.07. The summed E-state index contributed by atoms with van der Waals surface area (Å²) in [6.07, 6.45) is 2.28. The van der Waals surface area contributed by atoms with Crippen molar-refractivity contribution in [2.24, 2.45) is 23.2 Å². The molecule has 0 bridgehead atoms. The number of nitrogens with zero attached hydrogens (tertiary/aromatic N) is 2. The van der Waals surface area contributed by atoms with E-state index >= 15 is 0 Å². The third-order valence-corrected chi connectivity index (χ3v) is 4.31. The molecule has 0 aromatic rings. The van der Waals surface area contributed by atoms with E-state index in [0.29, 0.717) is 23.2 Å². The molecule has 3 atom stereocenters. The van der Waals surface area contributed by atoms with Crippen molar-refractivity contribution in [3.63, 3.8) is 0 Å². The van der Waals surface area contributed by atoms with Crippen molar-refractivity contribution >= 4 is 0 Å². The Morgan fingerprint density at radius 1 is 1.26 bits per heavy atom. The lowest BCUT2D eigenvalue weighted by Crippen LogP contribution is -2.34. The number of aliphatic hydroxyl groups is 1. The van der Waals surface area contributed by atoms with Crippen molar-refractivity contribution in [2.45, 2.75) is 47.1 Å². The Kier molecular flexibility index (Phi) is 3.41. The zero-order valence-corrected chi connectivity index (χ0v) is 13.6. The summed E-state index contributed by atoms with van der Waals surface area (Å²) in [5.74, 6) is 1.50. The molecule has 1 saturated carbocycles. The van der Waals surface area contributed by atoms with Gasteiger partial charge in [-0.25, -0.2) is 0 Å². The van der Waals surface area contributed by atoms with Gasteiger partial charge in [-0.15, -0.1) is 0 Å². The number of allylic oxidation sites excluding steroid dienone is 1. The highest BCUT2D eigenvalue weighted by molar-refractivity contribution is 5.23. The minimum Gasteiger partial charge on any atom is -0.390 e. The first-order valence-corrected chi connectivity index (χ1v) is 7.40. The Morgan fingerprint density at radius 2 is 1.84 bits per heavy atom. The molecular weight excluding hydrogens is 236 g/mol. The summed E-state index contributed by atoms with van der Waals surface area (Å²) in [7, 11) is 2.13. The van der Waals surface area contributed by atoms with Crippen LogP contribution in [-0.4, -0.2) is 40.8 Å². The maximum Gasteiger partial charge on any atom is 0.0893 e. The summed E-state index contributed by atoms with van der Waals surface area (Å²) in [6.45, 7) is 15.1. The summed E-state index contributed by atoms with van der Waals surface area (Å²) in [5, 5.41) is 10.3. The van der Waals surface area contributed by atoms with Crippen LogP contribution in [0.2, 0.25) is 0 Å². The third-order valence-electron chi connectivity index (χ3n) is 4.31. The van der Waals surface area contributed by atoms with E-state index in [9.17, 15) is 5.11 Å². The van der Waals surface area contributed by atoms with Gasteiger partial charge in [-0.3, -0.25) is 0 Å². The molecule has 19 heavy (non-hydrogen) atoms. The molecule has 2 rings (SSSR count). The Morgan fingerprint density at radius 3 is 2.26 bits per heavy atom. The highest BCUT2D eigenvalue weighted by Gasteiger charge is 2.57. The van der Waals surface area contributed by atoms with Gasteiger partial charge in [0.2, 0.25) is 0 Å². The maximum absolute atomic E-state index is 10.3. The largest absolute Gasteiger partial charge is 0.390 e. The van der Waals surface area contributed by atoms with E-state index in [1.165, 1.54) is 5.70 Å². The summed E-state index contributed by atoms with van der Waals surface area (Å²) in [4.78, 5) is 4.75. The van der Waals surface area contributed by atoms with Gasteiger partial charge in [0.25, 0.3) is 0 Å². The van der Waals surface area contributed by atoms with Crippen LogP contribution in [0.15, 0.2) is 11.9 Å². The van der Waals surface area contributed by atoms with Gasteiger partial charge in [0.05, 0.1) is 12.3 Å². The van der Waals surface area contributed by atoms with Gasteiger partial charge >= 0.3 is 0 Å². The molecular formula is C16H30N2O. The molecule has 0 aromatic carbocycles. The molecule has 1 fully saturated rings. The van der Waals surface area contributed by atoms with E-state index in [4.69, 9.17) is 0 Å². The molecule has 3 unspecified atom stereocenters. The van der Waals surface area contributed by atoms with Crippen molar-refractivity contribution in [3.05, 3.63) is 11.9 Å². The van der Waals surface area contributed by atoms with Crippen LogP contribution in [0.5, 0.6) is 0 Å². The molecule has 0 saturated heterocycles. The van der Waals surface area contributed by atoms with Crippen molar-refractivity contribution in [1.29, 1.82) is 0 Å². The van der Waals surface area contributed by atoms with Gasteiger partial charge in [0, 0.05) is 31.4 Å². The smallest absolute Gasteiger partial charge is 0.0893 e. The average Bonchev–Trinajstić information content (AvgIpc) is 2.71. The molecule has 1 aliphatic carbocycles. The Bertz CT molecular complexity index is 375. The molecule has 3 heteroatoms. The first kappa shape index (κ1) is 14.7. The standard InChI is InChI=1S/C16H30N2O/c1-11-13(14(11)16(5,6)19)12-8-17(7)10-18(12)9-15(2,3)4/h8,11,13-14,19H,9-10H2,1-7H3. The zero-order chi connectivity index (χ0) is 14.6. The SMILES string of the molecule is CC1C(C2=CN(C)CN2CC(C)(C)C)C1C(C)(C)O. The fourth-order valence-electron chi connectivity index (χ4n) is 3.71. The van der Waals surface area contributed by atoms with Crippen molar-refractivity contribution < 1.29 is 5.11 Å². The molecule has 1 heterocycles. The first-order chi connectivity index (χ1) is 8.50. The van der Waals surface area contributed by atoms with E-state index in [1.807, 2.05) is 13.8 Å². The lowest BCUT2D eigenvalue weighted by atomic mass is 9.95. The van der Waals surface area contributed by atoms with Gasteiger partial charge in [-0.05, 0) is 31.1 Å². The lowest BCUT2D eigenvalue weighted by molar-refractivity contribution is 0.0473. The molecule has 0 aromatic heterocycles. The molecule has 1 aliphatic heterocycles. The second-order valence-electron chi connectivity index (χ2n) is 8.28. The summed E-state index contributed by atoms with van der Waals surface area (Å²) < 4.78 is 0. The Labute approximate surface area is 118 Å². The fourth-order valence-corrected chi connectivity index (χ4v) is 3.71. The zero-order valence-electron chi connectivity index (χ0n) is 13.6. The van der Waals surface area contributed by atoms with Gasteiger partial charge in [0.15, 0.2) is 0 Å². The minimum atomic E-state index is -0.570. The average molecular weight is 266 g/mol. The molecule has 110 valence electrons. The van der Waals surface area contributed by atoms with Crippen LogP contribution in [-0.2, 0) is 0 Å². The monoisotopic (exact) mass is 266 g/mol. The highest BCUT2D eigenvalue weighted by atomic mass is 16.3. The second kappa shape index (κ2) is 4.41. The summed E-state index contributed by atoms with van der Waals surface area (Å²) in [5.41, 5.74) is 1.16. The topological polar surface area (TPSA) is 26.7 Å². The molecule has 0 spiro atoms. The van der Waals surface area contributed by atoms with Crippen LogP contribution in [0, 0.1) is 23.2 Å². The van der Waals surface area contributed by atoms with Crippen LogP contribution in [0.4, 0.5) is 0 Å². The van der Waals surface area contributed by atoms with E-state index in [0.717, 1.165) is 13.2 Å². The van der Waals surface area contributed by atoms with Gasteiger partial charge in [0.1, 0.15) is 0 Å². The Hall–Kier alpha value is -0.700. The maximum atomic E-state index is 10.3. The normalized spacial score (nSPS) is 31.8. The highest BCUT2D eigenvalue weighted by Crippen LogP contribution is 2.57. The van der Waals surface area contributed by atoms with E-state index in [1.54, 1.807) is 0 Å². The first-order valence-electron chi connectivity index (χ1n) is 7.40. The van der Waals surface area contributed by atoms with Crippen LogP contribution in [0.1, 0.15) is 41.5 Å². The second-order valence-corrected chi connectivity index (χ2v) is 8.28. The van der Waals surface area contributed by atoms with Crippen LogP contribution in [0.3, 0.4) is 0 Å². The number of hydrogen-bond acceptors (Lipinski definition) is 3. The molecule has 1 N–H and O–H groups in total. The summed E-state index contributed by atoms with van der Waals surface area (Å²) in [6, 6.07) is 0. The van der Waals surface area contributed by atoms with Crippen LogP contribution >= 0.6 is 0 Å². The number of hydrogen-bond donors (Lipinski definition) is 1.